The average Bonchev–Trinajstić information content (AvgIpc) is 2.75. The molecule has 4 rings (SSSR count). The van der Waals surface area contributed by atoms with Crippen LogP contribution in [0.1, 0.15) is 34.8 Å². The monoisotopic (exact) mass is 378 g/mol. The molecular weight excluding hydrogens is 359 g/mol. The first-order chi connectivity index (χ1) is 13.7. The summed E-state index contributed by atoms with van der Waals surface area (Å²) in [5.41, 5.74) is 1.37. The third-order valence-electron chi connectivity index (χ3n) is 4.70. The number of halogens is 1. The lowest BCUT2D eigenvalue weighted by atomic mass is 9.94. The van der Waals surface area contributed by atoms with Gasteiger partial charge in [-0.3, -0.25) is 9.78 Å². The van der Waals surface area contributed by atoms with Crippen molar-refractivity contribution in [3.8, 4) is 0 Å². The Kier molecular flexibility index (Phi) is 5.18. The van der Waals surface area contributed by atoms with Crippen molar-refractivity contribution in [3.05, 3.63) is 72.2 Å². The van der Waals surface area contributed by atoms with E-state index in [1.165, 1.54) is 24.3 Å². The number of anilines is 2. The zero-order chi connectivity index (χ0) is 19.3. The highest BCUT2D eigenvalue weighted by Gasteiger charge is 2.26. The smallest absolute Gasteiger partial charge is 0.253 e. The fourth-order valence-electron chi connectivity index (χ4n) is 3.32. The minimum atomic E-state index is -0.350. The fourth-order valence-corrected chi connectivity index (χ4v) is 3.32. The van der Waals surface area contributed by atoms with Crippen LogP contribution in [0.2, 0.25) is 0 Å². The summed E-state index contributed by atoms with van der Waals surface area (Å²) in [7, 11) is 0. The predicted molar refractivity (Wildman–Crippen MR) is 102 cm³/mol. The zero-order valence-corrected chi connectivity index (χ0v) is 15.1. The maximum absolute atomic E-state index is 13.1. The van der Waals surface area contributed by atoms with Gasteiger partial charge in [0, 0.05) is 43.2 Å². The van der Waals surface area contributed by atoms with E-state index in [2.05, 4.69) is 25.3 Å². The summed E-state index contributed by atoms with van der Waals surface area (Å²) >= 11 is 0. The van der Waals surface area contributed by atoms with Crippen LogP contribution in [0.25, 0.3) is 0 Å². The van der Waals surface area contributed by atoms with Gasteiger partial charge in [-0.15, -0.1) is 0 Å². The molecule has 1 aliphatic rings. The van der Waals surface area contributed by atoms with Crippen molar-refractivity contribution in [1.82, 2.24) is 24.8 Å². The Bertz CT molecular complexity index is 950. The van der Waals surface area contributed by atoms with Crippen LogP contribution in [0.15, 0.2) is 55.1 Å². The second kappa shape index (κ2) is 8.08. The van der Waals surface area contributed by atoms with Crippen LogP contribution >= 0.6 is 0 Å². The molecule has 0 spiro atoms. The molecule has 3 heterocycles. The number of hydrogen-bond acceptors (Lipinski definition) is 6. The number of aromatic nitrogens is 4. The van der Waals surface area contributed by atoms with E-state index in [-0.39, 0.29) is 17.6 Å². The van der Waals surface area contributed by atoms with Crippen molar-refractivity contribution in [2.45, 2.75) is 18.8 Å². The lowest BCUT2D eigenvalue weighted by Crippen LogP contribution is -2.39. The van der Waals surface area contributed by atoms with Gasteiger partial charge in [0.25, 0.3) is 5.91 Å². The van der Waals surface area contributed by atoms with Crippen LogP contribution in [0.3, 0.4) is 0 Å². The summed E-state index contributed by atoms with van der Waals surface area (Å²) in [5, 5.41) is 3.04. The van der Waals surface area contributed by atoms with E-state index in [9.17, 15) is 9.18 Å². The number of likely N-dealkylation sites (tertiary alicyclic amines) is 1. The molecule has 1 aliphatic heterocycles. The summed E-state index contributed by atoms with van der Waals surface area (Å²) < 4.78 is 13.1. The Hall–Kier alpha value is -3.42. The van der Waals surface area contributed by atoms with Crippen molar-refractivity contribution in [2.75, 3.05) is 18.4 Å². The summed E-state index contributed by atoms with van der Waals surface area (Å²) in [5.74, 6) is 0.689. The molecule has 1 fully saturated rings. The van der Waals surface area contributed by atoms with Crippen molar-refractivity contribution in [2.24, 2.45) is 0 Å². The van der Waals surface area contributed by atoms with E-state index < -0.39 is 0 Å². The second-order valence-electron chi connectivity index (χ2n) is 6.62. The van der Waals surface area contributed by atoms with Crippen molar-refractivity contribution in [3.63, 3.8) is 0 Å². The van der Waals surface area contributed by atoms with Crippen molar-refractivity contribution < 1.29 is 9.18 Å². The molecule has 1 atom stereocenters. The number of benzene rings is 1. The molecule has 7 nitrogen and oxygen atoms in total. The quantitative estimate of drug-likeness (QED) is 0.751. The molecule has 1 amide bonds. The largest absolute Gasteiger partial charge is 0.338 e. The highest BCUT2D eigenvalue weighted by Crippen LogP contribution is 2.27. The summed E-state index contributed by atoms with van der Waals surface area (Å²) in [6.07, 6.45) is 8.30. The van der Waals surface area contributed by atoms with Crippen LogP contribution in [0, 0.1) is 5.82 Å². The molecule has 1 unspecified atom stereocenters. The molecule has 142 valence electrons. The maximum Gasteiger partial charge on any atom is 0.253 e. The Morgan fingerprint density at radius 1 is 1.11 bits per heavy atom. The minimum absolute atomic E-state index is 0.0864. The van der Waals surface area contributed by atoms with E-state index in [0.717, 1.165) is 18.5 Å². The first-order valence-electron chi connectivity index (χ1n) is 9.10. The highest BCUT2D eigenvalue weighted by atomic mass is 19.1. The van der Waals surface area contributed by atoms with E-state index in [1.807, 2.05) is 6.07 Å². The van der Waals surface area contributed by atoms with Gasteiger partial charge in [0.05, 0.1) is 11.9 Å². The van der Waals surface area contributed by atoms with Crippen LogP contribution in [0.4, 0.5) is 16.2 Å². The molecule has 0 aliphatic carbocycles. The van der Waals surface area contributed by atoms with Crippen LogP contribution in [-0.4, -0.2) is 43.8 Å². The van der Waals surface area contributed by atoms with E-state index in [4.69, 9.17) is 0 Å². The predicted octanol–water partition coefficient (Wildman–Crippen LogP) is 3.17. The Labute approximate surface area is 161 Å². The standard InChI is InChI=1S/C20H19FN6O/c21-16-5-3-14(4-6-16)19(28)27-11-1-2-15(13-27)17-7-8-24-20(25-17)26-18-12-22-9-10-23-18/h3-10,12,15H,1-2,11,13H2,(H,23,24,25,26). The molecule has 1 aromatic carbocycles. The van der Waals surface area contributed by atoms with E-state index >= 15 is 0 Å². The van der Waals surface area contributed by atoms with Crippen LogP contribution in [0.5, 0.6) is 0 Å². The molecular formula is C20H19FN6O. The summed E-state index contributed by atoms with van der Waals surface area (Å²) in [6.45, 7) is 1.25. The number of nitrogens with zero attached hydrogens (tertiary/aromatic N) is 5. The van der Waals surface area contributed by atoms with Gasteiger partial charge in [-0.1, -0.05) is 0 Å². The van der Waals surface area contributed by atoms with E-state index in [1.54, 1.807) is 29.7 Å². The molecule has 2 aromatic heterocycles. The van der Waals surface area contributed by atoms with Crippen molar-refractivity contribution in [1.29, 1.82) is 0 Å². The third kappa shape index (κ3) is 4.11. The molecule has 28 heavy (non-hydrogen) atoms. The van der Waals surface area contributed by atoms with Gasteiger partial charge < -0.3 is 10.2 Å². The number of carbonyl (C=O) groups is 1. The van der Waals surface area contributed by atoms with E-state index in [0.29, 0.717) is 30.4 Å². The lowest BCUT2D eigenvalue weighted by Gasteiger charge is -2.32. The SMILES string of the molecule is O=C(c1ccc(F)cc1)N1CCCC(c2ccnc(Nc3cnccn3)n2)C1. The summed E-state index contributed by atoms with van der Waals surface area (Å²) in [4.78, 5) is 31.5. The molecule has 8 heteroatoms. The average molecular weight is 378 g/mol. The Morgan fingerprint density at radius 3 is 2.75 bits per heavy atom. The lowest BCUT2D eigenvalue weighted by molar-refractivity contribution is 0.0706. The number of hydrogen-bond donors (Lipinski definition) is 1. The fraction of sp³-hybridized carbons (Fsp3) is 0.250. The summed E-state index contributed by atoms with van der Waals surface area (Å²) in [6, 6.07) is 7.54. The van der Waals surface area contributed by atoms with Crippen LogP contribution in [-0.2, 0) is 0 Å². The number of amides is 1. The molecule has 1 N–H and O–H groups in total. The first kappa shape index (κ1) is 18.0. The first-order valence-corrected chi connectivity index (χ1v) is 9.10. The molecule has 0 saturated carbocycles. The maximum atomic E-state index is 13.1. The number of nitrogens with one attached hydrogen (secondary N) is 1. The van der Waals surface area contributed by atoms with Gasteiger partial charge in [0.1, 0.15) is 5.82 Å². The molecule has 0 radical (unpaired) electrons. The second-order valence-corrected chi connectivity index (χ2v) is 6.62. The van der Waals surface area contributed by atoms with Crippen molar-refractivity contribution >= 4 is 17.7 Å². The van der Waals surface area contributed by atoms with Crippen LogP contribution < -0.4 is 5.32 Å². The van der Waals surface area contributed by atoms with Gasteiger partial charge in [-0.2, -0.15) is 0 Å². The number of carbonyl (C=O) groups excluding carboxylic acids is 1. The topological polar surface area (TPSA) is 83.9 Å². The van der Waals surface area contributed by atoms with Gasteiger partial charge in [0.15, 0.2) is 5.82 Å². The Morgan fingerprint density at radius 2 is 1.96 bits per heavy atom. The molecule has 3 aromatic rings. The number of piperidine rings is 1. The third-order valence-corrected chi connectivity index (χ3v) is 4.70. The van der Waals surface area contributed by atoms with Gasteiger partial charge in [-0.25, -0.2) is 19.3 Å². The highest BCUT2D eigenvalue weighted by molar-refractivity contribution is 5.94. The normalized spacial score (nSPS) is 16.6. The van der Waals surface area contributed by atoms with Gasteiger partial charge in [0.2, 0.25) is 5.95 Å². The van der Waals surface area contributed by atoms with Gasteiger partial charge >= 0.3 is 0 Å². The van der Waals surface area contributed by atoms with Gasteiger partial charge in [-0.05, 0) is 43.2 Å². The minimum Gasteiger partial charge on any atom is -0.338 e. The molecule has 1 saturated heterocycles. The Balaban J connectivity index is 1.48. The zero-order valence-electron chi connectivity index (χ0n) is 15.1. The molecule has 0 bridgehead atoms. The number of rotatable bonds is 4.